The fraction of sp³-hybridized carbons (Fsp3) is 0.833. The Kier molecular flexibility index (Phi) is 3.15. The van der Waals surface area contributed by atoms with E-state index in [-0.39, 0.29) is 11.4 Å². The Balaban J connectivity index is 3.56. The number of hydrogen-bond donors (Lipinski definition) is 3. The van der Waals surface area contributed by atoms with Crippen molar-refractivity contribution in [2.24, 2.45) is 10.9 Å². The Morgan fingerprint density at radius 1 is 1.60 bits per heavy atom. The zero-order valence-electron chi connectivity index (χ0n) is 6.68. The molecule has 4 nitrogen and oxygen atoms in total. The molecule has 0 atom stereocenters. The van der Waals surface area contributed by atoms with Gasteiger partial charge in [-0.05, 0) is 20.8 Å². The summed E-state index contributed by atoms with van der Waals surface area (Å²) in [6.45, 7) is 6.45. The van der Waals surface area contributed by atoms with Gasteiger partial charge in [0.2, 0.25) is 0 Å². The van der Waals surface area contributed by atoms with Crippen molar-refractivity contribution < 1.29 is 5.21 Å². The number of oxime groups is 1. The molecule has 0 spiro atoms. The maximum Gasteiger partial charge on any atom is 0.153 e. The van der Waals surface area contributed by atoms with Crippen LogP contribution in [-0.4, -0.2) is 23.1 Å². The number of amidine groups is 1. The average molecular weight is 145 g/mol. The van der Waals surface area contributed by atoms with Gasteiger partial charge in [0, 0.05) is 5.54 Å². The first kappa shape index (κ1) is 9.23. The summed E-state index contributed by atoms with van der Waals surface area (Å²) in [6, 6.07) is 0. The Morgan fingerprint density at radius 2 is 2.10 bits per heavy atom. The van der Waals surface area contributed by atoms with Crippen LogP contribution in [0.25, 0.3) is 0 Å². The second-order valence-electron chi connectivity index (χ2n) is 3.19. The van der Waals surface area contributed by atoms with Gasteiger partial charge in [-0.25, -0.2) is 0 Å². The summed E-state index contributed by atoms with van der Waals surface area (Å²) < 4.78 is 0. The van der Waals surface area contributed by atoms with Crippen molar-refractivity contribution in [3.63, 3.8) is 0 Å². The highest BCUT2D eigenvalue weighted by Crippen LogP contribution is 1.96. The Morgan fingerprint density at radius 3 is 2.40 bits per heavy atom. The molecular weight excluding hydrogens is 130 g/mol. The molecule has 0 aliphatic rings. The monoisotopic (exact) mass is 145 g/mol. The van der Waals surface area contributed by atoms with Gasteiger partial charge in [0.25, 0.3) is 0 Å². The number of hydrogen-bond acceptors (Lipinski definition) is 3. The molecule has 60 valence electrons. The van der Waals surface area contributed by atoms with Gasteiger partial charge in [0.05, 0.1) is 6.54 Å². The molecule has 4 N–H and O–H groups in total. The van der Waals surface area contributed by atoms with E-state index in [9.17, 15) is 0 Å². The second kappa shape index (κ2) is 3.41. The molecule has 0 aromatic carbocycles. The van der Waals surface area contributed by atoms with Crippen molar-refractivity contribution in [3.8, 4) is 0 Å². The Labute approximate surface area is 61.1 Å². The summed E-state index contributed by atoms with van der Waals surface area (Å²) in [5.74, 6) is 0.204. The molecule has 0 unspecified atom stereocenters. The minimum atomic E-state index is 0.00924. The van der Waals surface area contributed by atoms with E-state index in [0.717, 1.165) is 0 Å². The minimum absolute atomic E-state index is 0.00924. The summed E-state index contributed by atoms with van der Waals surface area (Å²) in [5.41, 5.74) is 5.23. The maximum atomic E-state index is 8.15. The van der Waals surface area contributed by atoms with Crippen molar-refractivity contribution in [2.75, 3.05) is 6.54 Å². The largest absolute Gasteiger partial charge is 0.409 e. The normalized spacial score (nSPS) is 13.7. The van der Waals surface area contributed by atoms with Gasteiger partial charge in [-0.2, -0.15) is 0 Å². The molecule has 10 heavy (non-hydrogen) atoms. The SMILES string of the molecule is CC(C)(C)NCC(N)=NO. The molecule has 0 aromatic heterocycles. The van der Waals surface area contributed by atoms with Crippen LogP contribution in [0.5, 0.6) is 0 Å². The van der Waals surface area contributed by atoms with Gasteiger partial charge in [-0.15, -0.1) is 0 Å². The fourth-order valence-corrected chi connectivity index (χ4v) is 0.391. The third-order valence-electron chi connectivity index (χ3n) is 0.928. The van der Waals surface area contributed by atoms with E-state index >= 15 is 0 Å². The van der Waals surface area contributed by atoms with E-state index in [1.165, 1.54) is 0 Å². The first-order valence-electron chi connectivity index (χ1n) is 3.17. The lowest BCUT2D eigenvalue weighted by Gasteiger charge is -2.19. The van der Waals surface area contributed by atoms with Crippen LogP contribution in [0.3, 0.4) is 0 Å². The quantitative estimate of drug-likeness (QED) is 0.224. The molecule has 0 aliphatic carbocycles. The van der Waals surface area contributed by atoms with Crippen LogP contribution in [-0.2, 0) is 0 Å². The lowest BCUT2D eigenvalue weighted by atomic mass is 10.1. The molecule has 0 saturated heterocycles. The molecular formula is C6H15N3O. The van der Waals surface area contributed by atoms with Crippen LogP contribution in [0.4, 0.5) is 0 Å². The first-order chi connectivity index (χ1) is 4.45. The maximum absolute atomic E-state index is 8.15. The van der Waals surface area contributed by atoms with Crippen molar-refractivity contribution in [3.05, 3.63) is 0 Å². The molecule has 0 aliphatic heterocycles. The summed E-state index contributed by atoms with van der Waals surface area (Å²) in [5, 5.41) is 14.0. The topological polar surface area (TPSA) is 70.6 Å². The van der Waals surface area contributed by atoms with E-state index in [4.69, 9.17) is 10.9 Å². The first-order valence-corrected chi connectivity index (χ1v) is 3.17. The van der Waals surface area contributed by atoms with Gasteiger partial charge in [0.1, 0.15) is 0 Å². The van der Waals surface area contributed by atoms with Crippen LogP contribution in [0.15, 0.2) is 5.16 Å². The summed E-state index contributed by atoms with van der Waals surface area (Å²) in [4.78, 5) is 0. The minimum Gasteiger partial charge on any atom is -0.409 e. The number of nitrogens with zero attached hydrogens (tertiary/aromatic N) is 1. The van der Waals surface area contributed by atoms with Crippen LogP contribution in [0, 0.1) is 0 Å². The van der Waals surface area contributed by atoms with E-state index in [1.54, 1.807) is 0 Å². The fourth-order valence-electron chi connectivity index (χ4n) is 0.391. The lowest BCUT2D eigenvalue weighted by molar-refractivity contribution is 0.316. The van der Waals surface area contributed by atoms with Crippen molar-refractivity contribution in [1.29, 1.82) is 0 Å². The molecule has 0 rings (SSSR count). The smallest absolute Gasteiger partial charge is 0.153 e. The van der Waals surface area contributed by atoms with Gasteiger partial charge in [-0.1, -0.05) is 5.16 Å². The van der Waals surface area contributed by atoms with Gasteiger partial charge >= 0.3 is 0 Å². The molecule has 0 bridgehead atoms. The van der Waals surface area contributed by atoms with E-state index in [2.05, 4.69) is 10.5 Å². The molecule has 0 heterocycles. The van der Waals surface area contributed by atoms with Crippen LogP contribution >= 0.6 is 0 Å². The Bertz CT molecular complexity index is 125. The van der Waals surface area contributed by atoms with Crippen molar-refractivity contribution in [2.45, 2.75) is 26.3 Å². The molecule has 0 fully saturated rings. The van der Waals surface area contributed by atoms with Crippen molar-refractivity contribution >= 4 is 5.84 Å². The van der Waals surface area contributed by atoms with Gasteiger partial charge in [-0.3, -0.25) is 0 Å². The second-order valence-corrected chi connectivity index (χ2v) is 3.19. The van der Waals surface area contributed by atoms with E-state index in [0.29, 0.717) is 6.54 Å². The zero-order valence-corrected chi connectivity index (χ0v) is 6.68. The highest BCUT2D eigenvalue weighted by Gasteiger charge is 2.08. The zero-order chi connectivity index (χ0) is 8.20. The Hall–Kier alpha value is -0.770. The summed E-state index contributed by atoms with van der Waals surface area (Å²) >= 11 is 0. The third-order valence-corrected chi connectivity index (χ3v) is 0.928. The number of nitrogens with two attached hydrogens (primary N) is 1. The molecule has 0 radical (unpaired) electrons. The van der Waals surface area contributed by atoms with Gasteiger partial charge < -0.3 is 16.3 Å². The van der Waals surface area contributed by atoms with Crippen molar-refractivity contribution in [1.82, 2.24) is 5.32 Å². The molecule has 0 amide bonds. The third kappa shape index (κ3) is 5.37. The predicted octanol–water partition coefficient (Wildman–Crippen LogP) is 0.121. The van der Waals surface area contributed by atoms with Crippen LogP contribution in [0.2, 0.25) is 0 Å². The molecule has 4 heteroatoms. The lowest BCUT2D eigenvalue weighted by Crippen LogP contribution is -2.41. The molecule has 0 aromatic rings. The average Bonchev–Trinajstić information content (AvgIpc) is 1.81. The number of rotatable bonds is 2. The van der Waals surface area contributed by atoms with E-state index in [1.807, 2.05) is 20.8 Å². The van der Waals surface area contributed by atoms with Gasteiger partial charge in [0.15, 0.2) is 5.84 Å². The van der Waals surface area contributed by atoms with Crippen LogP contribution in [0.1, 0.15) is 20.8 Å². The summed E-state index contributed by atoms with van der Waals surface area (Å²) in [7, 11) is 0. The van der Waals surface area contributed by atoms with E-state index < -0.39 is 0 Å². The highest BCUT2D eigenvalue weighted by molar-refractivity contribution is 5.81. The molecule has 0 saturated carbocycles. The highest BCUT2D eigenvalue weighted by atomic mass is 16.4. The van der Waals surface area contributed by atoms with Crippen LogP contribution < -0.4 is 11.1 Å². The number of nitrogens with one attached hydrogen (secondary N) is 1. The summed E-state index contributed by atoms with van der Waals surface area (Å²) in [6.07, 6.45) is 0. The predicted molar refractivity (Wildman–Crippen MR) is 41.2 cm³/mol. The standard InChI is InChI=1S/C6H15N3O/c1-6(2,3)8-4-5(7)9-10/h8,10H,4H2,1-3H3,(H2,7,9).